The molecule has 0 atom stereocenters. The van der Waals surface area contributed by atoms with E-state index in [0.717, 1.165) is 0 Å². The van der Waals surface area contributed by atoms with Crippen LogP contribution >= 0.6 is 0 Å². The molecule has 0 saturated carbocycles. The van der Waals surface area contributed by atoms with Crippen LogP contribution < -0.4 is 16.8 Å². The minimum absolute atomic E-state index is 0.163. The van der Waals surface area contributed by atoms with Crippen LogP contribution in [-0.4, -0.2) is 23.3 Å². The number of primary amides is 2. The summed E-state index contributed by atoms with van der Waals surface area (Å²) in [6.07, 6.45) is 0.615. The standard InChI is InChI=1S/C11H14N4O4/c12-10(16)2-1-5-14-8-6-7(11(13)17)3-4-9(8)15(18)19/h3-4,6,14H,1-2,5H2,(H2,12,16)(H2,13,17). The molecule has 0 aliphatic heterocycles. The molecule has 0 aliphatic carbocycles. The van der Waals surface area contributed by atoms with Crippen molar-refractivity contribution in [1.82, 2.24) is 0 Å². The Morgan fingerprint density at radius 2 is 2.00 bits per heavy atom. The van der Waals surface area contributed by atoms with Crippen LogP contribution in [0.4, 0.5) is 11.4 Å². The van der Waals surface area contributed by atoms with Crippen LogP contribution in [0.1, 0.15) is 23.2 Å². The van der Waals surface area contributed by atoms with Gasteiger partial charge in [0.15, 0.2) is 0 Å². The fourth-order valence-corrected chi connectivity index (χ4v) is 1.48. The fraction of sp³-hybridized carbons (Fsp3) is 0.273. The first-order chi connectivity index (χ1) is 8.91. The number of anilines is 1. The van der Waals surface area contributed by atoms with Crippen LogP contribution in [-0.2, 0) is 4.79 Å². The number of hydrogen-bond donors (Lipinski definition) is 3. The van der Waals surface area contributed by atoms with Gasteiger partial charge in [-0.1, -0.05) is 0 Å². The summed E-state index contributed by atoms with van der Waals surface area (Å²) in [6.45, 7) is 0.325. The fourth-order valence-electron chi connectivity index (χ4n) is 1.48. The predicted octanol–water partition coefficient (Wildman–Crippen LogP) is 0.371. The molecule has 5 N–H and O–H groups in total. The van der Waals surface area contributed by atoms with Gasteiger partial charge in [0.25, 0.3) is 5.69 Å². The highest BCUT2D eigenvalue weighted by Crippen LogP contribution is 2.25. The quantitative estimate of drug-likeness (QED) is 0.371. The van der Waals surface area contributed by atoms with Crippen molar-refractivity contribution in [3.8, 4) is 0 Å². The van der Waals surface area contributed by atoms with Crippen molar-refractivity contribution in [3.63, 3.8) is 0 Å². The van der Waals surface area contributed by atoms with Crippen molar-refractivity contribution in [3.05, 3.63) is 33.9 Å². The van der Waals surface area contributed by atoms with Crippen molar-refractivity contribution in [1.29, 1.82) is 0 Å². The van der Waals surface area contributed by atoms with Gasteiger partial charge in [-0.25, -0.2) is 0 Å². The molecule has 8 heteroatoms. The summed E-state index contributed by atoms with van der Waals surface area (Å²) in [4.78, 5) is 31.8. The molecule has 8 nitrogen and oxygen atoms in total. The van der Waals surface area contributed by atoms with Crippen LogP contribution in [0.3, 0.4) is 0 Å². The molecule has 0 bridgehead atoms. The Morgan fingerprint density at radius 3 is 2.53 bits per heavy atom. The number of nitro benzene ring substituents is 1. The molecule has 0 aliphatic rings. The van der Waals surface area contributed by atoms with E-state index in [0.29, 0.717) is 13.0 Å². The number of hydrogen-bond acceptors (Lipinski definition) is 5. The molecule has 0 fully saturated rings. The van der Waals surface area contributed by atoms with E-state index in [9.17, 15) is 19.7 Å². The second-order valence-electron chi connectivity index (χ2n) is 3.85. The van der Waals surface area contributed by atoms with Gasteiger partial charge in [0.05, 0.1) is 4.92 Å². The average molecular weight is 266 g/mol. The van der Waals surface area contributed by atoms with E-state index in [-0.39, 0.29) is 23.4 Å². The van der Waals surface area contributed by atoms with E-state index in [1.807, 2.05) is 0 Å². The number of benzene rings is 1. The van der Waals surface area contributed by atoms with Crippen molar-refractivity contribution in [2.24, 2.45) is 11.5 Å². The summed E-state index contributed by atoms with van der Waals surface area (Å²) in [7, 11) is 0. The lowest BCUT2D eigenvalue weighted by atomic mass is 10.1. The molecule has 0 unspecified atom stereocenters. The third kappa shape index (κ3) is 4.26. The van der Waals surface area contributed by atoms with Gasteiger partial charge in [-0.2, -0.15) is 0 Å². The molecule has 0 heterocycles. The predicted molar refractivity (Wildman–Crippen MR) is 68.5 cm³/mol. The Bertz CT molecular complexity index is 515. The minimum atomic E-state index is -0.671. The van der Waals surface area contributed by atoms with Crippen molar-refractivity contribution in [2.45, 2.75) is 12.8 Å². The van der Waals surface area contributed by atoms with Crippen molar-refractivity contribution < 1.29 is 14.5 Å². The summed E-state index contributed by atoms with van der Waals surface area (Å²) in [5.41, 5.74) is 10.3. The first-order valence-corrected chi connectivity index (χ1v) is 5.52. The largest absolute Gasteiger partial charge is 0.379 e. The normalized spacial score (nSPS) is 9.89. The Morgan fingerprint density at radius 1 is 1.32 bits per heavy atom. The van der Waals surface area contributed by atoms with Gasteiger partial charge >= 0.3 is 0 Å². The van der Waals surface area contributed by atoms with Gasteiger partial charge in [-0.3, -0.25) is 19.7 Å². The number of rotatable bonds is 7. The molecule has 0 saturated heterocycles. The highest BCUT2D eigenvalue weighted by molar-refractivity contribution is 5.94. The van der Waals surface area contributed by atoms with Gasteiger partial charge in [0, 0.05) is 24.6 Å². The highest BCUT2D eigenvalue weighted by atomic mass is 16.6. The van der Waals surface area contributed by atoms with Crippen LogP contribution in [0.25, 0.3) is 0 Å². The number of nitrogens with one attached hydrogen (secondary N) is 1. The summed E-state index contributed by atoms with van der Waals surface area (Å²) in [5, 5.41) is 13.6. The van der Waals surface area contributed by atoms with Crippen molar-refractivity contribution >= 4 is 23.2 Å². The number of carbonyl (C=O) groups is 2. The average Bonchev–Trinajstić information content (AvgIpc) is 2.33. The number of nitrogens with two attached hydrogens (primary N) is 2. The van der Waals surface area contributed by atoms with Gasteiger partial charge in [-0.05, 0) is 18.6 Å². The Hall–Kier alpha value is -2.64. The molecule has 102 valence electrons. The topological polar surface area (TPSA) is 141 Å². The van der Waals surface area contributed by atoms with Gasteiger partial charge in [0.2, 0.25) is 11.8 Å². The molecule has 2 amide bonds. The molecular weight excluding hydrogens is 252 g/mol. The molecule has 1 aromatic carbocycles. The van der Waals surface area contributed by atoms with Crippen LogP contribution in [0.2, 0.25) is 0 Å². The number of nitro groups is 1. The Balaban J connectivity index is 2.82. The summed E-state index contributed by atoms with van der Waals surface area (Å²) < 4.78 is 0. The highest BCUT2D eigenvalue weighted by Gasteiger charge is 2.15. The maximum atomic E-state index is 11.0. The van der Waals surface area contributed by atoms with E-state index in [1.165, 1.54) is 18.2 Å². The third-order valence-electron chi connectivity index (χ3n) is 2.39. The van der Waals surface area contributed by atoms with Gasteiger partial charge in [0.1, 0.15) is 5.69 Å². The van der Waals surface area contributed by atoms with Crippen LogP contribution in [0, 0.1) is 10.1 Å². The van der Waals surface area contributed by atoms with Crippen molar-refractivity contribution in [2.75, 3.05) is 11.9 Å². The molecule has 1 aromatic rings. The first kappa shape index (κ1) is 14.4. The summed E-state index contributed by atoms with van der Waals surface area (Å²) >= 11 is 0. The zero-order valence-corrected chi connectivity index (χ0v) is 10.1. The second-order valence-corrected chi connectivity index (χ2v) is 3.85. The lowest BCUT2D eigenvalue weighted by Gasteiger charge is -2.07. The SMILES string of the molecule is NC(=O)CCCNc1cc(C(N)=O)ccc1[N+](=O)[O-]. The van der Waals surface area contributed by atoms with E-state index in [2.05, 4.69) is 5.32 Å². The van der Waals surface area contributed by atoms with Gasteiger partial charge in [-0.15, -0.1) is 0 Å². The Labute approximate surface area is 108 Å². The zero-order valence-electron chi connectivity index (χ0n) is 10.1. The number of carbonyl (C=O) groups excluding carboxylic acids is 2. The molecule has 0 aromatic heterocycles. The van der Waals surface area contributed by atoms with Crippen LogP contribution in [0.15, 0.2) is 18.2 Å². The summed E-state index contributed by atoms with van der Waals surface area (Å²) in [5.74, 6) is -1.11. The zero-order chi connectivity index (χ0) is 14.4. The lowest BCUT2D eigenvalue weighted by Crippen LogP contribution is -2.14. The van der Waals surface area contributed by atoms with E-state index in [1.54, 1.807) is 0 Å². The maximum absolute atomic E-state index is 11.0. The second kappa shape index (κ2) is 6.34. The number of nitrogens with zero attached hydrogens (tertiary/aromatic N) is 1. The summed E-state index contributed by atoms with van der Waals surface area (Å²) in [6, 6.07) is 3.80. The molecule has 1 rings (SSSR count). The maximum Gasteiger partial charge on any atom is 0.292 e. The van der Waals surface area contributed by atoms with Crippen LogP contribution in [0.5, 0.6) is 0 Å². The van der Waals surface area contributed by atoms with E-state index in [4.69, 9.17) is 11.5 Å². The monoisotopic (exact) mass is 266 g/mol. The first-order valence-electron chi connectivity index (χ1n) is 5.52. The molecular formula is C11H14N4O4. The molecule has 0 radical (unpaired) electrons. The third-order valence-corrected chi connectivity index (χ3v) is 2.39. The minimum Gasteiger partial charge on any atom is -0.379 e. The molecule has 0 spiro atoms. The van der Waals surface area contributed by atoms with Gasteiger partial charge < -0.3 is 16.8 Å². The van der Waals surface area contributed by atoms with E-state index < -0.39 is 16.7 Å². The number of amides is 2. The lowest BCUT2D eigenvalue weighted by molar-refractivity contribution is -0.384. The van der Waals surface area contributed by atoms with E-state index >= 15 is 0 Å². The smallest absolute Gasteiger partial charge is 0.292 e. The Kier molecular flexibility index (Phi) is 4.81. The molecule has 19 heavy (non-hydrogen) atoms.